The molecule has 0 bridgehead atoms. The van der Waals surface area contributed by atoms with Crippen LogP contribution >= 0.6 is 0 Å². The molecule has 0 spiro atoms. The number of ether oxygens (including phenoxy) is 1. The molecule has 1 saturated heterocycles. The first-order valence-corrected chi connectivity index (χ1v) is 8.33. The van der Waals surface area contributed by atoms with E-state index in [4.69, 9.17) is 4.74 Å². The van der Waals surface area contributed by atoms with Gasteiger partial charge in [-0.1, -0.05) is 25.1 Å². The Hall–Kier alpha value is -1.92. The maximum atomic E-state index is 12.5. The van der Waals surface area contributed by atoms with Crippen LogP contribution in [0.2, 0.25) is 0 Å². The van der Waals surface area contributed by atoms with E-state index in [-0.39, 0.29) is 5.91 Å². The summed E-state index contributed by atoms with van der Waals surface area (Å²) in [4.78, 5) is 14.8. The van der Waals surface area contributed by atoms with E-state index in [9.17, 15) is 4.79 Å². The molecule has 1 N–H and O–H groups in total. The number of rotatable bonds is 6. The molecular formula is C17H24N4O2. The monoisotopic (exact) mass is 316 g/mol. The first kappa shape index (κ1) is 16.0. The maximum absolute atomic E-state index is 12.5. The van der Waals surface area contributed by atoms with Crippen LogP contribution in [0.3, 0.4) is 0 Å². The Morgan fingerprint density at radius 1 is 1.26 bits per heavy atom. The van der Waals surface area contributed by atoms with Gasteiger partial charge in [0.2, 0.25) is 0 Å². The normalized spacial score (nSPS) is 15.9. The highest BCUT2D eigenvalue weighted by Crippen LogP contribution is 2.18. The van der Waals surface area contributed by atoms with E-state index in [1.165, 1.54) is 0 Å². The highest BCUT2D eigenvalue weighted by molar-refractivity contribution is 6.04. The van der Waals surface area contributed by atoms with E-state index in [0.717, 1.165) is 56.7 Å². The number of nitrogens with zero attached hydrogens (tertiary/aromatic N) is 3. The summed E-state index contributed by atoms with van der Waals surface area (Å²) >= 11 is 0. The smallest absolute Gasteiger partial charge is 0.272 e. The Morgan fingerprint density at radius 3 is 2.83 bits per heavy atom. The Bertz CT molecular complexity index is 662. The summed E-state index contributed by atoms with van der Waals surface area (Å²) in [6.45, 7) is 7.84. The lowest BCUT2D eigenvalue weighted by molar-refractivity contribution is 0.0383. The summed E-state index contributed by atoms with van der Waals surface area (Å²) in [6, 6.07) is 7.91. The molecule has 0 saturated carbocycles. The molecule has 1 fully saturated rings. The molecule has 124 valence electrons. The van der Waals surface area contributed by atoms with Crippen molar-refractivity contribution in [3.8, 4) is 0 Å². The molecular weight excluding hydrogens is 292 g/mol. The van der Waals surface area contributed by atoms with Gasteiger partial charge >= 0.3 is 0 Å². The summed E-state index contributed by atoms with van der Waals surface area (Å²) in [5, 5.41) is 8.43. The van der Waals surface area contributed by atoms with E-state index in [1.807, 2.05) is 28.9 Å². The van der Waals surface area contributed by atoms with Crippen LogP contribution in [0.15, 0.2) is 24.3 Å². The zero-order chi connectivity index (χ0) is 16.1. The van der Waals surface area contributed by atoms with Gasteiger partial charge in [0.15, 0.2) is 5.69 Å². The number of aromatic nitrogens is 2. The summed E-state index contributed by atoms with van der Waals surface area (Å²) in [6.07, 6.45) is 0.990. The SMILES string of the molecule is CCCn1nc(C(=O)NCCN2CCOCC2)c2ccccc21. The molecule has 6 heteroatoms. The van der Waals surface area contributed by atoms with Crippen molar-refractivity contribution >= 4 is 16.8 Å². The van der Waals surface area contributed by atoms with Crippen LogP contribution in [0, 0.1) is 0 Å². The van der Waals surface area contributed by atoms with Gasteiger partial charge in [-0.05, 0) is 12.5 Å². The number of benzene rings is 1. The third-order valence-corrected chi connectivity index (χ3v) is 4.13. The van der Waals surface area contributed by atoms with Gasteiger partial charge in [0.1, 0.15) is 0 Å². The Labute approximate surface area is 136 Å². The second-order valence-corrected chi connectivity index (χ2v) is 5.80. The average molecular weight is 316 g/mol. The molecule has 0 atom stereocenters. The van der Waals surface area contributed by atoms with Gasteiger partial charge in [-0.25, -0.2) is 0 Å². The Kier molecular flexibility index (Phi) is 5.25. The summed E-state index contributed by atoms with van der Waals surface area (Å²) in [5.74, 6) is -0.0932. The quantitative estimate of drug-likeness (QED) is 0.877. The third-order valence-electron chi connectivity index (χ3n) is 4.13. The van der Waals surface area contributed by atoms with E-state index >= 15 is 0 Å². The largest absolute Gasteiger partial charge is 0.379 e. The van der Waals surface area contributed by atoms with Crippen LogP contribution in [0.4, 0.5) is 0 Å². The number of hydrogen-bond donors (Lipinski definition) is 1. The van der Waals surface area contributed by atoms with Gasteiger partial charge in [-0.3, -0.25) is 14.4 Å². The van der Waals surface area contributed by atoms with Gasteiger partial charge < -0.3 is 10.1 Å². The third kappa shape index (κ3) is 3.71. The van der Waals surface area contributed by atoms with Gasteiger partial charge in [-0.15, -0.1) is 0 Å². The molecule has 3 rings (SSSR count). The fourth-order valence-corrected chi connectivity index (χ4v) is 2.91. The number of hydrogen-bond acceptors (Lipinski definition) is 4. The van der Waals surface area contributed by atoms with Crippen LogP contribution in [-0.4, -0.2) is 60.0 Å². The second-order valence-electron chi connectivity index (χ2n) is 5.80. The van der Waals surface area contributed by atoms with Crippen molar-refractivity contribution in [2.75, 3.05) is 39.4 Å². The van der Waals surface area contributed by atoms with Gasteiger partial charge in [-0.2, -0.15) is 5.10 Å². The second kappa shape index (κ2) is 7.57. The summed E-state index contributed by atoms with van der Waals surface area (Å²) in [5.41, 5.74) is 1.55. The van der Waals surface area contributed by atoms with Crippen molar-refractivity contribution in [1.29, 1.82) is 0 Å². The molecule has 2 heterocycles. The number of carbonyl (C=O) groups is 1. The highest BCUT2D eigenvalue weighted by atomic mass is 16.5. The number of aryl methyl sites for hydroxylation is 1. The minimum Gasteiger partial charge on any atom is -0.379 e. The van der Waals surface area contributed by atoms with Crippen LogP contribution in [-0.2, 0) is 11.3 Å². The Balaban J connectivity index is 1.65. The van der Waals surface area contributed by atoms with Crippen LogP contribution in [0.25, 0.3) is 10.9 Å². The molecule has 1 aromatic carbocycles. The molecule has 6 nitrogen and oxygen atoms in total. The topological polar surface area (TPSA) is 59.4 Å². The van der Waals surface area contributed by atoms with Crippen LogP contribution in [0.1, 0.15) is 23.8 Å². The fraction of sp³-hybridized carbons (Fsp3) is 0.529. The molecule has 23 heavy (non-hydrogen) atoms. The number of fused-ring (bicyclic) bond motifs is 1. The maximum Gasteiger partial charge on any atom is 0.272 e. The van der Waals surface area contributed by atoms with Gasteiger partial charge in [0.25, 0.3) is 5.91 Å². The van der Waals surface area contributed by atoms with Crippen molar-refractivity contribution in [3.05, 3.63) is 30.0 Å². The molecule has 1 aromatic heterocycles. The molecule has 0 unspecified atom stereocenters. The molecule has 1 amide bonds. The zero-order valence-electron chi connectivity index (χ0n) is 13.6. The molecule has 0 radical (unpaired) electrons. The van der Waals surface area contributed by atoms with E-state index in [2.05, 4.69) is 22.2 Å². The van der Waals surface area contributed by atoms with Crippen LogP contribution in [0.5, 0.6) is 0 Å². The number of amides is 1. The molecule has 1 aliphatic rings. The van der Waals surface area contributed by atoms with Crippen molar-refractivity contribution in [2.45, 2.75) is 19.9 Å². The van der Waals surface area contributed by atoms with Crippen molar-refractivity contribution in [3.63, 3.8) is 0 Å². The highest BCUT2D eigenvalue weighted by Gasteiger charge is 2.17. The molecule has 1 aliphatic heterocycles. The summed E-state index contributed by atoms with van der Waals surface area (Å²) < 4.78 is 7.25. The number of carbonyl (C=O) groups excluding carboxylic acids is 1. The minimum absolute atomic E-state index is 0.0932. The predicted molar refractivity (Wildman–Crippen MR) is 89.6 cm³/mol. The lowest BCUT2D eigenvalue weighted by Crippen LogP contribution is -2.41. The number of morpholine rings is 1. The molecule has 0 aliphatic carbocycles. The first-order chi connectivity index (χ1) is 11.3. The van der Waals surface area contributed by atoms with E-state index < -0.39 is 0 Å². The standard InChI is InChI=1S/C17H24N4O2/c1-2-8-21-15-6-4-3-5-14(15)16(19-21)17(22)18-7-9-20-10-12-23-13-11-20/h3-6H,2,7-13H2,1H3,(H,18,22). The lowest BCUT2D eigenvalue weighted by Gasteiger charge is -2.26. The van der Waals surface area contributed by atoms with E-state index in [0.29, 0.717) is 12.2 Å². The zero-order valence-corrected chi connectivity index (χ0v) is 13.6. The van der Waals surface area contributed by atoms with Gasteiger partial charge in [0, 0.05) is 38.1 Å². The minimum atomic E-state index is -0.0932. The van der Waals surface area contributed by atoms with E-state index in [1.54, 1.807) is 0 Å². The van der Waals surface area contributed by atoms with Crippen molar-refractivity contribution < 1.29 is 9.53 Å². The van der Waals surface area contributed by atoms with Crippen molar-refractivity contribution in [2.24, 2.45) is 0 Å². The van der Waals surface area contributed by atoms with Crippen LogP contribution < -0.4 is 5.32 Å². The Morgan fingerprint density at radius 2 is 2.04 bits per heavy atom. The molecule has 2 aromatic rings. The number of nitrogens with one attached hydrogen (secondary N) is 1. The first-order valence-electron chi connectivity index (χ1n) is 8.33. The average Bonchev–Trinajstić information content (AvgIpc) is 2.95. The summed E-state index contributed by atoms with van der Waals surface area (Å²) in [7, 11) is 0. The number of para-hydroxylation sites is 1. The van der Waals surface area contributed by atoms with Gasteiger partial charge in [0.05, 0.1) is 18.7 Å². The van der Waals surface area contributed by atoms with Crippen molar-refractivity contribution in [1.82, 2.24) is 20.0 Å². The predicted octanol–water partition coefficient (Wildman–Crippen LogP) is 1.51. The fourth-order valence-electron chi connectivity index (χ4n) is 2.91. The lowest BCUT2D eigenvalue weighted by atomic mass is 10.2.